The van der Waals surface area contributed by atoms with Crippen molar-refractivity contribution >= 4 is 45.0 Å². The van der Waals surface area contributed by atoms with Crippen LogP contribution in [0.2, 0.25) is 5.02 Å². The number of aromatic nitrogens is 1. The van der Waals surface area contributed by atoms with Crippen molar-refractivity contribution in [1.29, 1.82) is 0 Å². The van der Waals surface area contributed by atoms with Crippen LogP contribution >= 0.6 is 22.9 Å². The third-order valence-electron chi connectivity index (χ3n) is 4.29. The topological polar surface area (TPSA) is 69.9 Å². The number of hydrogen-bond acceptors (Lipinski definition) is 5. The molecule has 1 amide bonds. The number of amides is 1. The second-order valence-electron chi connectivity index (χ2n) is 6.51. The fourth-order valence-electron chi connectivity index (χ4n) is 2.86. The van der Waals surface area contributed by atoms with Crippen molar-refractivity contribution in [2.75, 3.05) is 13.2 Å². The molecule has 0 aliphatic carbocycles. The van der Waals surface area contributed by atoms with Gasteiger partial charge in [-0.25, -0.2) is 0 Å². The number of thiazole rings is 1. The molecule has 0 bridgehead atoms. The van der Waals surface area contributed by atoms with Crippen LogP contribution in [0.3, 0.4) is 0 Å². The highest BCUT2D eigenvalue weighted by atomic mass is 35.5. The minimum atomic E-state index is -0.420. The summed E-state index contributed by atoms with van der Waals surface area (Å²) in [6.45, 7) is 4.62. The van der Waals surface area contributed by atoms with E-state index in [1.165, 1.54) is 11.3 Å². The normalized spacial score (nSPS) is 11.6. The molecule has 0 saturated heterocycles. The third-order valence-corrected chi connectivity index (χ3v) is 5.64. The number of rotatable bonds is 8. The lowest BCUT2D eigenvalue weighted by atomic mass is 10.2. The number of benzene rings is 2. The first-order valence-electron chi connectivity index (χ1n) is 9.78. The molecule has 1 heterocycles. The molecule has 0 aliphatic rings. The minimum absolute atomic E-state index is 0.0795. The van der Waals surface area contributed by atoms with Gasteiger partial charge in [-0.2, -0.15) is 4.99 Å². The van der Waals surface area contributed by atoms with Gasteiger partial charge in [0.2, 0.25) is 0 Å². The molecule has 8 heteroatoms. The molecule has 2 aromatic carbocycles. The Morgan fingerprint density at radius 2 is 1.97 bits per heavy atom. The van der Waals surface area contributed by atoms with Gasteiger partial charge in [0.1, 0.15) is 12.3 Å². The van der Waals surface area contributed by atoms with Crippen molar-refractivity contribution in [2.45, 2.75) is 33.2 Å². The molecule has 0 fully saturated rings. The fraction of sp³-hybridized carbons (Fsp3) is 0.318. The second-order valence-corrected chi connectivity index (χ2v) is 7.93. The molecular weight excluding hydrogens is 424 g/mol. The smallest absolute Gasteiger partial charge is 0.326 e. The summed E-state index contributed by atoms with van der Waals surface area (Å²) in [7, 11) is 0. The molecule has 0 atom stereocenters. The monoisotopic (exact) mass is 446 g/mol. The number of para-hydroxylation sites is 1. The first-order chi connectivity index (χ1) is 14.5. The first-order valence-corrected chi connectivity index (χ1v) is 11.0. The van der Waals surface area contributed by atoms with Gasteiger partial charge in [0.15, 0.2) is 4.80 Å². The summed E-state index contributed by atoms with van der Waals surface area (Å²) in [5.41, 5.74) is 1.07. The molecule has 0 saturated carbocycles. The van der Waals surface area contributed by atoms with Crippen LogP contribution in [0.1, 0.15) is 37.0 Å². The van der Waals surface area contributed by atoms with Crippen molar-refractivity contribution in [2.24, 2.45) is 4.99 Å². The standard InChI is InChI=1S/C22H23ClN2O4S/c1-3-5-12-29-16-9-6-8-15(13-16)21(27)24-22-25(14-19(26)28-4-2)20-17(23)10-7-11-18(20)30-22/h6-11,13H,3-5,12,14H2,1-2H3. The predicted molar refractivity (Wildman–Crippen MR) is 118 cm³/mol. The number of unbranched alkanes of at least 4 members (excludes halogenated alkanes) is 1. The Morgan fingerprint density at radius 1 is 1.17 bits per heavy atom. The van der Waals surface area contributed by atoms with Crippen LogP contribution in [-0.2, 0) is 16.1 Å². The summed E-state index contributed by atoms with van der Waals surface area (Å²) in [5.74, 6) is -0.211. The number of carbonyl (C=O) groups excluding carboxylic acids is 2. The van der Waals surface area contributed by atoms with E-state index in [1.54, 1.807) is 35.8 Å². The summed E-state index contributed by atoms with van der Waals surface area (Å²) in [6, 6.07) is 12.4. The molecule has 1 aromatic heterocycles. The fourth-order valence-corrected chi connectivity index (χ4v) is 4.25. The molecule has 6 nitrogen and oxygen atoms in total. The van der Waals surface area contributed by atoms with Crippen LogP contribution in [0.25, 0.3) is 10.2 Å². The van der Waals surface area contributed by atoms with Gasteiger partial charge < -0.3 is 14.0 Å². The van der Waals surface area contributed by atoms with Crippen molar-refractivity contribution < 1.29 is 19.1 Å². The van der Waals surface area contributed by atoms with Crippen LogP contribution < -0.4 is 9.54 Å². The van der Waals surface area contributed by atoms with Gasteiger partial charge in [-0.05, 0) is 43.7 Å². The van der Waals surface area contributed by atoms with Gasteiger partial charge in [0, 0.05) is 5.56 Å². The van der Waals surface area contributed by atoms with Crippen LogP contribution in [0.15, 0.2) is 47.5 Å². The van der Waals surface area contributed by atoms with Crippen LogP contribution in [0, 0.1) is 0 Å². The number of hydrogen-bond donors (Lipinski definition) is 0. The predicted octanol–water partition coefficient (Wildman–Crippen LogP) is 4.84. The second kappa shape index (κ2) is 10.4. The van der Waals surface area contributed by atoms with Crippen LogP contribution in [0.5, 0.6) is 5.75 Å². The molecule has 0 spiro atoms. The molecule has 30 heavy (non-hydrogen) atoms. The number of fused-ring (bicyclic) bond motifs is 1. The highest BCUT2D eigenvalue weighted by Crippen LogP contribution is 2.25. The molecule has 0 N–H and O–H groups in total. The van der Waals surface area contributed by atoms with E-state index in [0.29, 0.717) is 33.3 Å². The van der Waals surface area contributed by atoms with Crippen molar-refractivity contribution in [3.05, 3.63) is 57.9 Å². The number of ether oxygens (including phenoxy) is 2. The molecule has 0 radical (unpaired) electrons. The van der Waals surface area contributed by atoms with E-state index in [2.05, 4.69) is 11.9 Å². The van der Waals surface area contributed by atoms with E-state index in [0.717, 1.165) is 17.5 Å². The Hall–Kier alpha value is -2.64. The zero-order chi connectivity index (χ0) is 21.5. The van der Waals surface area contributed by atoms with Crippen molar-refractivity contribution in [3.63, 3.8) is 0 Å². The van der Waals surface area contributed by atoms with Crippen molar-refractivity contribution in [1.82, 2.24) is 4.57 Å². The van der Waals surface area contributed by atoms with E-state index in [9.17, 15) is 9.59 Å². The van der Waals surface area contributed by atoms with Gasteiger partial charge in [0.25, 0.3) is 5.91 Å². The number of nitrogens with zero attached hydrogens (tertiary/aromatic N) is 2. The summed E-state index contributed by atoms with van der Waals surface area (Å²) >= 11 is 7.66. The number of carbonyl (C=O) groups is 2. The lowest BCUT2D eigenvalue weighted by molar-refractivity contribution is -0.143. The van der Waals surface area contributed by atoms with Gasteiger partial charge >= 0.3 is 5.97 Å². The quantitative estimate of drug-likeness (QED) is 0.366. The number of esters is 1. The summed E-state index contributed by atoms with van der Waals surface area (Å²) in [5, 5.41) is 0.480. The first kappa shape index (κ1) is 22.1. The van der Waals surface area contributed by atoms with Crippen molar-refractivity contribution in [3.8, 4) is 5.75 Å². The number of halogens is 1. The summed E-state index contributed by atoms with van der Waals surface area (Å²) < 4.78 is 13.2. The zero-order valence-electron chi connectivity index (χ0n) is 16.9. The Bertz CT molecular complexity index is 1120. The zero-order valence-corrected chi connectivity index (χ0v) is 18.5. The summed E-state index contributed by atoms with van der Waals surface area (Å²) in [4.78, 5) is 29.6. The minimum Gasteiger partial charge on any atom is -0.494 e. The van der Waals surface area contributed by atoms with E-state index >= 15 is 0 Å². The lowest BCUT2D eigenvalue weighted by Crippen LogP contribution is -2.23. The van der Waals surface area contributed by atoms with E-state index in [-0.39, 0.29) is 13.2 Å². The van der Waals surface area contributed by atoms with Crippen LogP contribution in [0.4, 0.5) is 0 Å². The largest absolute Gasteiger partial charge is 0.494 e. The highest BCUT2D eigenvalue weighted by molar-refractivity contribution is 7.16. The molecule has 0 aliphatic heterocycles. The van der Waals surface area contributed by atoms with Gasteiger partial charge in [-0.15, -0.1) is 0 Å². The SMILES string of the molecule is CCCCOc1cccc(C(=O)N=c2sc3cccc(Cl)c3n2CC(=O)OCC)c1. The maximum atomic E-state index is 12.8. The molecule has 158 valence electrons. The average molecular weight is 447 g/mol. The van der Waals surface area contributed by atoms with Gasteiger partial charge in [-0.3, -0.25) is 9.59 Å². The highest BCUT2D eigenvalue weighted by Gasteiger charge is 2.15. The lowest BCUT2D eigenvalue weighted by Gasteiger charge is -2.07. The molecular formula is C22H23ClN2O4S. The summed E-state index contributed by atoms with van der Waals surface area (Å²) in [6.07, 6.45) is 1.97. The molecule has 3 aromatic rings. The Kier molecular flexibility index (Phi) is 7.65. The Morgan fingerprint density at radius 3 is 2.73 bits per heavy atom. The third kappa shape index (κ3) is 5.29. The Labute approximate surface area is 183 Å². The maximum absolute atomic E-state index is 12.8. The van der Waals surface area contributed by atoms with Crippen LogP contribution in [-0.4, -0.2) is 29.7 Å². The van der Waals surface area contributed by atoms with E-state index in [1.807, 2.05) is 18.2 Å². The van der Waals surface area contributed by atoms with E-state index in [4.69, 9.17) is 21.1 Å². The molecule has 0 unspecified atom stereocenters. The van der Waals surface area contributed by atoms with Gasteiger partial charge in [-0.1, -0.05) is 48.4 Å². The Balaban J connectivity index is 1.99. The van der Waals surface area contributed by atoms with Gasteiger partial charge in [0.05, 0.1) is 28.5 Å². The van der Waals surface area contributed by atoms with E-state index < -0.39 is 11.9 Å². The molecule has 3 rings (SSSR count). The average Bonchev–Trinajstić information content (AvgIpc) is 3.06. The maximum Gasteiger partial charge on any atom is 0.326 e.